The normalized spacial score (nSPS) is 14.4. The summed E-state index contributed by atoms with van der Waals surface area (Å²) in [6, 6.07) is 14.3. The third-order valence-electron chi connectivity index (χ3n) is 5.68. The van der Waals surface area contributed by atoms with Crippen LogP contribution in [-0.4, -0.2) is 42.1 Å². The average molecular weight is 422 g/mol. The highest BCUT2D eigenvalue weighted by molar-refractivity contribution is 5.89. The molecule has 0 spiro atoms. The van der Waals surface area contributed by atoms with Crippen molar-refractivity contribution in [2.75, 3.05) is 30.4 Å². The monoisotopic (exact) mass is 422 g/mol. The van der Waals surface area contributed by atoms with Gasteiger partial charge in [0.25, 0.3) is 0 Å². The van der Waals surface area contributed by atoms with Gasteiger partial charge >= 0.3 is 6.03 Å². The maximum Gasteiger partial charge on any atom is 0.321 e. The molecule has 0 atom stereocenters. The minimum absolute atomic E-state index is 0.155. The van der Waals surface area contributed by atoms with Gasteiger partial charge in [0.2, 0.25) is 0 Å². The lowest BCUT2D eigenvalue weighted by atomic mass is 10.0. The molecule has 7 heteroatoms. The van der Waals surface area contributed by atoms with E-state index in [4.69, 9.17) is 0 Å². The first-order chi connectivity index (χ1) is 15.0. The summed E-state index contributed by atoms with van der Waals surface area (Å²) in [6.45, 7) is 1.74. The summed E-state index contributed by atoms with van der Waals surface area (Å²) in [5.74, 6) is -1.24. The van der Waals surface area contributed by atoms with Crippen molar-refractivity contribution < 1.29 is 13.6 Å². The van der Waals surface area contributed by atoms with E-state index in [1.54, 1.807) is 35.4 Å². The number of halogens is 2. The Hall–Kier alpha value is -3.48. The number of rotatable bonds is 4. The van der Waals surface area contributed by atoms with Gasteiger partial charge in [0, 0.05) is 44.1 Å². The lowest BCUT2D eigenvalue weighted by Gasteiger charge is -2.37. The summed E-state index contributed by atoms with van der Waals surface area (Å²) >= 11 is 0. The van der Waals surface area contributed by atoms with Crippen LogP contribution < -0.4 is 10.2 Å². The molecule has 31 heavy (non-hydrogen) atoms. The molecule has 0 bridgehead atoms. The molecular weight excluding hydrogens is 398 g/mol. The van der Waals surface area contributed by atoms with Gasteiger partial charge in [-0.1, -0.05) is 12.1 Å². The predicted octanol–water partition coefficient (Wildman–Crippen LogP) is 5.16. The number of aromatic nitrogens is 1. The van der Waals surface area contributed by atoms with E-state index >= 15 is 0 Å². The van der Waals surface area contributed by atoms with E-state index in [0.29, 0.717) is 16.8 Å². The van der Waals surface area contributed by atoms with E-state index in [-0.39, 0.29) is 12.1 Å². The minimum Gasteiger partial charge on any atom is -0.370 e. The van der Waals surface area contributed by atoms with Gasteiger partial charge in [-0.25, -0.2) is 13.6 Å². The molecule has 1 aromatic heterocycles. The maximum absolute atomic E-state index is 13.4. The van der Waals surface area contributed by atoms with E-state index in [1.165, 1.54) is 12.1 Å². The fourth-order valence-electron chi connectivity index (χ4n) is 3.90. The largest absolute Gasteiger partial charge is 0.370 e. The van der Waals surface area contributed by atoms with Crippen LogP contribution in [0.1, 0.15) is 12.8 Å². The van der Waals surface area contributed by atoms with Crippen LogP contribution in [0.5, 0.6) is 0 Å². The smallest absolute Gasteiger partial charge is 0.321 e. The Balaban J connectivity index is 1.34. The molecule has 1 fully saturated rings. The summed E-state index contributed by atoms with van der Waals surface area (Å²) in [7, 11) is 1.81. The van der Waals surface area contributed by atoms with Gasteiger partial charge in [-0.2, -0.15) is 0 Å². The van der Waals surface area contributed by atoms with Crippen molar-refractivity contribution in [3.63, 3.8) is 0 Å². The molecule has 0 radical (unpaired) electrons. The number of amides is 2. The van der Waals surface area contributed by atoms with Gasteiger partial charge in [-0.05, 0) is 60.4 Å². The molecule has 2 heterocycles. The molecule has 3 aromatic rings. The highest BCUT2D eigenvalue weighted by Crippen LogP contribution is 2.25. The average Bonchev–Trinajstić information content (AvgIpc) is 2.79. The first-order valence-electron chi connectivity index (χ1n) is 10.2. The van der Waals surface area contributed by atoms with Crippen LogP contribution in [0, 0.1) is 11.6 Å². The first-order valence-corrected chi connectivity index (χ1v) is 10.2. The molecule has 1 saturated heterocycles. The van der Waals surface area contributed by atoms with Crippen molar-refractivity contribution in [3.05, 3.63) is 78.6 Å². The van der Waals surface area contributed by atoms with Crippen LogP contribution in [-0.2, 0) is 0 Å². The quantitative estimate of drug-likeness (QED) is 0.632. The van der Waals surface area contributed by atoms with Gasteiger partial charge in [-0.15, -0.1) is 0 Å². The number of pyridine rings is 1. The molecule has 0 unspecified atom stereocenters. The topological polar surface area (TPSA) is 48.5 Å². The molecule has 4 rings (SSSR count). The van der Waals surface area contributed by atoms with Crippen LogP contribution in [0.4, 0.5) is 25.0 Å². The number of nitrogens with zero attached hydrogens (tertiary/aromatic N) is 3. The molecule has 1 aliphatic heterocycles. The molecule has 1 N–H and O–H groups in total. The standard InChI is InChI=1S/C24H24F2N4O/c1-29(22-8-11-30(12-9-22)23-3-2-10-27-16-23)24(31)28-21-6-4-17(5-7-21)18-13-19(25)15-20(26)14-18/h2-7,10,13-16,22H,8-9,11-12H2,1H3,(H,28,31). The van der Waals surface area contributed by atoms with Gasteiger partial charge in [0.1, 0.15) is 11.6 Å². The second kappa shape index (κ2) is 9.12. The van der Waals surface area contributed by atoms with Crippen molar-refractivity contribution in [2.24, 2.45) is 0 Å². The number of urea groups is 1. The number of piperidine rings is 1. The summed E-state index contributed by atoms with van der Waals surface area (Å²) in [4.78, 5) is 20.9. The second-order valence-electron chi connectivity index (χ2n) is 7.71. The molecule has 0 saturated carbocycles. The van der Waals surface area contributed by atoms with Crippen molar-refractivity contribution in [1.29, 1.82) is 0 Å². The zero-order valence-corrected chi connectivity index (χ0v) is 17.3. The zero-order valence-electron chi connectivity index (χ0n) is 17.3. The Morgan fingerprint density at radius 3 is 2.32 bits per heavy atom. The number of hydrogen-bond donors (Lipinski definition) is 1. The van der Waals surface area contributed by atoms with E-state index in [0.717, 1.165) is 37.7 Å². The third kappa shape index (κ3) is 4.99. The highest BCUT2D eigenvalue weighted by atomic mass is 19.1. The lowest BCUT2D eigenvalue weighted by molar-refractivity contribution is 0.193. The Kier molecular flexibility index (Phi) is 6.11. The third-order valence-corrected chi connectivity index (χ3v) is 5.68. The molecular formula is C24H24F2N4O. The predicted molar refractivity (Wildman–Crippen MR) is 118 cm³/mol. The van der Waals surface area contributed by atoms with E-state index in [9.17, 15) is 13.6 Å². The van der Waals surface area contributed by atoms with Crippen molar-refractivity contribution >= 4 is 17.4 Å². The fraction of sp³-hybridized carbons (Fsp3) is 0.250. The second-order valence-corrected chi connectivity index (χ2v) is 7.71. The first kappa shape index (κ1) is 20.8. The number of carbonyl (C=O) groups is 1. The number of nitrogens with one attached hydrogen (secondary N) is 1. The van der Waals surface area contributed by atoms with E-state index in [2.05, 4.69) is 15.2 Å². The van der Waals surface area contributed by atoms with Gasteiger partial charge in [0.15, 0.2) is 0 Å². The van der Waals surface area contributed by atoms with E-state index in [1.807, 2.05) is 25.4 Å². The summed E-state index contributed by atoms with van der Waals surface area (Å²) in [6.07, 6.45) is 5.38. The SMILES string of the molecule is CN(C(=O)Nc1ccc(-c2cc(F)cc(F)c2)cc1)C1CCN(c2cccnc2)CC1. The van der Waals surface area contributed by atoms with Gasteiger partial charge in [-0.3, -0.25) is 4.98 Å². The molecule has 160 valence electrons. The van der Waals surface area contributed by atoms with Crippen LogP contribution in [0.15, 0.2) is 67.0 Å². The minimum atomic E-state index is -0.622. The molecule has 1 aliphatic rings. The van der Waals surface area contributed by atoms with E-state index < -0.39 is 11.6 Å². The van der Waals surface area contributed by atoms with Crippen molar-refractivity contribution in [1.82, 2.24) is 9.88 Å². The van der Waals surface area contributed by atoms with Gasteiger partial charge < -0.3 is 15.1 Å². The number of anilines is 2. The Morgan fingerprint density at radius 1 is 1.03 bits per heavy atom. The fourth-order valence-corrected chi connectivity index (χ4v) is 3.90. The maximum atomic E-state index is 13.4. The summed E-state index contributed by atoms with van der Waals surface area (Å²) in [5.41, 5.74) is 2.86. The Morgan fingerprint density at radius 2 is 1.71 bits per heavy atom. The van der Waals surface area contributed by atoms with Crippen LogP contribution in [0.25, 0.3) is 11.1 Å². The molecule has 5 nitrogen and oxygen atoms in total. The lowest BCUT2D eigenvalue weighted by Crippen LogP contribution is -2.47. The molecule has 2 aromatic carbocycles. The van der Waals surface area contributed by atoms with Crippen molar-refractivity contribution in [3.8, 4) is 11.1 Å². The van der Waals surface area contributed by atoms with Crippen LogP contribution >= 0.6 is 0 Å². The number of benzene rings is 2. The number of hydrogen-bond acceptors (Lipinski definition) is 3. The molecule has 2 amide bonds. The Bertz CT molecular complexity index is 1010. The molecule has 0 aliphatic carbocycles. The summed E-state index contributed by atoms with van der Waals surface area (Å²) in [5, 5.41) is 2.90. The zero-order chi connectivity index (χ0) is 21.8. The number of carbonyl (C=O) groups excluding carboxylic acids is 1. The van der Waals surface area contributed by atoms with Crippen molar-refractivity contribution in [2.45, 2.75) is 18.9 Å². The summed E-state index contributed by atoms with van der Waals surface area (Å²) < 4.78 is 26.9. The van der Waals surface area contributed by atoms with Crippen LogP contribution in [0.2, 0.25) is 0 Å². The Labute approximate surface area is 180 Å². The van der Waals surface area contributed by atoms with Crippen LogP contribution in [0.3, 0.4) is 0 Å². The highest BCUT2D eigenvalue weighted by Gasteiger charge is 2.25. The van der Waals surface area contributed by atoms with Gasteiger partial charge in [0.05, 0.1) is 11.9 Å².